The molecule has 0 saturated carbocycles. The number of anilines is 1. The van der Waals surface area contributed by atoms with Gasteiger partial charge in [-0.15, -0.1) is 0 Å². The first-order chi connectivity index (χ1) is 8.43. The van der Waals surface area contributed by atoms with E-state index in [1.807, 2.05) is 0 Å². The summed E-state index contributed by atoms with van der Waals surface area (Å²) in [5.74, 6) is -0.944. The van der Waals surface area contributed by atoms with Gasteiger partial charge in [0.1, 0.15) is 11.5 Å². The van der Waals surface area contributed by atoms with Gasteiger partial charge in [-0.25, -0.2) is 4.39 Å². The molecular formula is C10H7F4N3S. The van der Waals surface area contributed by atoms with Crippen molar-refractivity contribution >= 4 is 17.5 Å². The first kappa shape index (κ1) is 12.7. The highest BCUT2D eigenvalue weighted by molar-refractivity contribution is 6.99. The highest BCUT2D eigenvalue weighted by atomic mass is 32.1. The fourth-order valence-electron chi connectivity index (χ4n) is 1.43. The standard InChI is InChI=1S/C10H7F4N3S/c1-15-9-8(16-18-17-9)5-2-3-7(11)6(4-5)10(12,13)14/h2-4H,1H3,(H,15,17). The molecule has 1 heterocycles. The number of benzene rings is 1. The molecule has 18 heavy (non-hydrogen) atoms. The van der Waals surface area contributed by atoms with Gasteiger partial charge < -0.3 is 5.32 Å². The van der Waals surface area contributed by atoms with Gasteiger partial charge in [0, 0.05) is 12.6 Å². The Morgan fingerprint density at radius 2 is 1.94 bits per heavy atom. The van der Waals surface area contributed by atoms with E-state index in [0.29, 0.717) is 5.82 Å². The Bertz CT molecular complexity index is 564. The molecule has 0 aliphatic rings. The molecule has 3 nitrogen and oxygen atoms in total. The van der Waals surface area contributed by atoms with Crippen molar-refractivity contribution in [2.75, 3.05) is 12.4 Å². The van der Waals surface area contributed by atoms with Crippen molar-refractivity contribution in [2.45, 2.75) is 6.18 Å². The second-order valence-electron chi connectivity index (χ2n) is 3.40. The molecule has 0 radical (unpaired) electrons. The molecule has 0 aliphatic carbocycles. The SMILES string of the molecule is CNc1nsnc1-c1ccc(F)c(C(F)(F)F)c1. The van der Waals surface area contributed by atoms with Crippen molar-refractivity contribution < 1.29 is 17.6 Å². The van der Waals surface area contributed by atoms with Crippen LogP contribution < -0.4 is 5.32 Å². The van der Waals surface area contributed by atoms with Gasteiger partial charge in [0.05, 0.1) is 17.3 Å². The van der Waals surface area contributed by atoms with Crippen LogP contribution in [-0.2, 0) is 6.18 Å². The zero-order valence-electron chi connectivity index (χ0n) is 9.05. The molecule has 1 aromatic heterocycles. The molecular weight excluding hydrogens is 270 g/mol. The van der Waals surface area contributed by atoms with Gasteiger partial charge in [0.25, 0.3) is 0 Å². The predicted octanol–water partition coefficient (Wildman–Crippen LogP) is 3.40. The highest BCUT2D eigenvalue weighted by Crippen LogP contribution is 2.35. The topological polar surface area (TPSA) is 37.8 Å². The van der Waals surface area contributed by atoms with Crippen LogP contribution in [0.2, 0.25) is 0 Å². The van der Waals surface area contributed by atoms with Gasteiger partial charge in [0.2, 0.25) is 0 Å². The predicted molar refractivity (Wildman–Crippen MR) is 59.9 cm³/mol. The maximum absolute atomic E-state index is 13.1. The van der Waals surface area contributed by atoms with E-state index in [1.54, 1.807) is 7.05 Å². The third kappa shape index (κ3) is 2.28. The molecule has 1 N–H and O–H groups in total. The quantitative estimate of drug-likeness (QED) is 0.855. The Labute approximate surface area is 104 Å². The summed E-state index contributed by atoms with van der Waals surface area (Å²) >= 11 is 0.866. The Balaban J connectivity index is 2.54. The average molecular weight is 277 g/mol. The van der Waals surface area contributed by atoms with Crippen LogP contribution in [0.3, 0.4) is 0 Å². The van der Waals surface area contributed by atoms with E-state index in [1.165, 1.54) is 6.07 Å². The lowest BCUT2D eigenvalue weighted by Crippen LogP contribution is -2.08. The summed E-state index contributed by atoms with van der Waals surface area (Å²) in [5.41, 5.74) is -0.870. The number of rotatable bonds is 2. The van der Waals surface area contributed by atoms with Crippen LogP contribution in [0.1, 0.15) is 5.56 Å². The number of halogens is 4. The zero-order valence-corrected chi connectivity index (χ0v) is 9.86. The molecule has 2 rings (SSSR count). The number of nitrogens with one attached hydrogen (secondary N) is 1. The number of nitrogens with zero attached hydrogens (tertiary/aromatic N) is 2. The fraction of sp³-hybridized carbons (Fsp3) is 0.200. The van der Waals surface area contributed by atoms with E-state index in [-0.39, 0.29) is 11.3 Å². The summed E-state index contributed by atoms with van der Waals surface area (Å²) in [4.78, 5) is 0. The van der Waals surface area contributed by atoms with Crippen LogP contribution in [0, 0.1) is 5.82 Å². The van der Waals surface area contributed by atoms with Gasteiger partial charge in [-0.2, -0.15) is 21.9 Å². The van der Waals surface area contributed by atoms with Crippen molar-refractivity contribution in [3.8, 4) is 11.3 Å². The molecule has 2 aromatic rings. The summed E-state index contributed by atoms with van der Waals surface area (Å²) in [6.07, 6.45) is -4.73. The Kier molecular flexibility index (Phi) is 3.20. The lowest BCUT2D eigenvalue weighted by molar-refractivity contribution is -0.139. The molecule has 0 spiro atoms. The molecule has 0 aliphatic heterocycles. The number of hydrogen-bond acceptors (Lipinski definition) is 4. The molecule has 96 valence electrons. The molecule has 0 amide bonds. The summed E-state index contributed by atoms with van der Waals surface area (Å²) in [5, 5.41) is 2.71. The van der Waals surface area contributed by atoms with Crippen LogP contribution in [0.25, 0.3) is 11.3 Å². The molecule has 0 saturated heterocycles. The largest absolute Gasteiger partial charge is 0.419 e. The lowest BCUT2D eigenvalue weighted by Gasteiger charge is -2.09. The van der Waals surface area contributed by atoms with Gasteiger partial charge in [0.15, 0.2) is 5.82 Å². The van der Waals surface area contributed by atoms with E-state index in [4.69, 9.17) is 0 Å². The number of hydrogen-bond donors (Lipinski definition) is 1. The van der Waals surface area contributed by atoms with Crippen LogP contribution in [0.4, 0.5) is 23.4 Å². The van der Waals surface area contributed by atoms with Crippen molar-refractivity contribution in [3.05, 3.63) is 29.6 Å². The Hall–Kier alpha value is -1.70. The van der Waals surface area contributed by atoms with E-state index < -0.39 is 17.6 Å². The van der Waals surface area contributed by atoms with Crippen molar-refractivity contribution in [2.24, 2.45) is 0 Å². The maximum Gasteiger partial charge on any atom is 0.419 e. The first-order valence-corrected chi connectivity index (χ1v) is 5.54. The monoisotopic (exact) mass is 277 g/mol. The van der Waals surface area contributed by atoms with E-state index >= 15 is 0 Å². The summed E-state index contributed by atoms with van der Waals surface area (Å²) in [6, 6.07) is 2.74. The van der Waals surface area contributed by atoms with Gasteiger partial charge in [-0.3, -0.25) is 0 Å². The summed E-state index contributed by atoms with van der Waals surface area (Å²) in [7, 11) is 1.58. The van der Waals surface area contributed by atoms with E-state index in [9.17, 15) is 17.6 Å². The van der Waals surface area contributed by atoms with E-state index in [0.717, 1.165) is 23.9 Å². The normalized spacial score (nSPS) is 11.6. The third-order valence-electron chi connectivity index (χ3n) is 2.27. The van der Waals surface area contributed by atoms with Crippen molar-refractivity contribution in [3.63, 3.8) is 0 Å². The van der Waals surface area contributed by atoms with Crippen LogP contribution >= 0.6 is 11.7 Å². The summed E-state index contributed by atoms with van der Waals surface area (Å²) < 4.78 is 58.6. The molecule has 0 unspecified atom stereocenters. The van der Waals surface area contributed by atoms with Crippen molar-refractivity contribution in [1.29, 1.82) is 0 Å². The second kappa shape index (κ2) is 4.52. The van der Waals surface area contributed by atoms with Crippen molar-refractivity contribution in [1.82, 2.24) is 8.75 Å². The highest BCUT2D eigenvalue weighted by Gasteiger charge is 2.34. The maximum atomic E-state index is 13.1. The van der Waals surface area contributed by atoms with Gasteiger partial charge in [-0.05, 0) is 18.2 Å². The number of aromatic nitrogens is 2. The smallest absolute Gasteiger partial charge is 0.370 e. The van der Waals surface area contributed by atoms with Gasteiger partial charge >= 0.3 is 6.18 Å². The minimum Gasteiger partial charge on any atom is -0.370 e. The van der Waals surface area contributed by atoms with Crippen LogP contribution in [0.5, 0.6) is 0 Å². The van der Waals surface area contributed by atoms with Crippen LogP contribution in [-0.4, -0.2) is 15.8 Å². The lowest BCUT2D eigenvalue weighted by atomic mass is 10.1. The third-order valence-corrected chi connectivity index (χ3v) is 2.80. The summed E-state index contributed by atoms with van der Waals surface area (Å²) in [6.45, 7) is 0. The van der Waals surface area contributed by atoms with E-state index in [2.05, 4.69) is 14.1 Å². The van der Waals surface area contributed by atoms with Crippen LogP contribution in [0.15, 0.2) is 18.2 Å². The minimum atomic E-state index is -4.73. The first-order valence-electron chi connectivity index (χ1n) is 4.81. The Morgan fingerprint density at radius 3 is 2.56 bits per heavy atom. The zero-order chi connectivity index (χ0) is 13.3. The fourth-order valence-corrected chi connectivity index (χ4v) is 2.01. The molecule has 0 fully saturated rings. The van der Waals surface area contributed by atoms with Gasteiger partial charge in [-0.1, -0.05) is 0 Å². The molecule has 0 bridgehead atoms. The Morgan fingerprint density at radius 1 is 1.22 bits per heavy atom. The molecule has 8 heteroatoms. The second-order valence-corrected chi connectivity index (χ2v) is 3.93. The minimum absolute atomic E-state index is 0.168. The average Bonchev–Trinajstić information content (AvgIpc) is 2.76. The molecule has 1 aromatic carbocycles. The number of alkyl halides is 3. The molecule has 0 atom stereocenters.